The third-order valence-corrected chi connectivity index (χ3v) is 2.62. The van der Waals surface area contributed by atoms with Gasteiger partial charge in [-0.15, -0.1) is 0 Å². The van der Waals surface area contributed by atoms with Crippen molar-refractivity contribution in [2.24, 2.45) is 0 Å². The molecule has 0 aliphatic rings. The average Bonchev–Trinajstić information content (AvgIpc) is 2.27. The predicted octanol–water partition coefficient (Wildman–Crippen LogP) is 2.21. The van der Waals surface area contributed by atoms with E-state index in [0.29, 0.717) is 0 Å². The number of hydrogen-bond acceptors (Lipinski definition) is 3. The molecule has 0 saturated carbocycles. The van der Waals surface area contributed by atoms with Crippen molar-refractivity contribution in [3.05, 3.63) is 29.8 Å². The normalized spacial score (nSPS) is 14.1. The van der Waals surface area contributed by atoms with E-state index in [0.717, 1.165) is 11.3 Å². The Hall–Kier alpha value is -1.55. The van der Waals surface area contributed by atoms with Crippen LogP contribution in [0.4, 0.5) is 0 Å². The molecule has 1 rings (SSSR count). The molecule has 0 aromatic heterocycles. The van der Waals surface area contributed by atoms with Crippen molar-refractivity contribution in [2.45, 2.75) is 32.4 Å². The lowest BCUT2D eigenvalue weighted by Crippen LogP contribution is -2.31. The summed E-state index contributed by atoms with van der Waals surface area (Å²) in [7, 11) is 1.63. The molecule has 2 N–H and O–H groups in total. The molecule has 1 aromatic rings. The van der Waals surface area contributed by atoms with Crippen LogP contribution in [-0.4, -0.2) is 24.2 Å². The Kier molecular flexibility index (Phi) is 4.97. The number of para-hydroxylation sites is 1. The maximum atomic E-state index is 10.6. The smallest absolute Gasteiger partial charge is 0.304 e. The number of carboxylic acids is 1. The monoisotopic (exact) mass is 237 g/mol. The summed E-state index contributed by atoms with van der Waals surface area (Å²) in [6.07, 6.45) is 0.111. The molecule has 2 atom stereocenters. The first-order valence-corrected chi connectivity index (χ1v) is 5.65. The summed E-state index contributed by atoms with van der Waals surface area (Å²) in [6.45, 7) is 3.86. The number of carboxylic acid groups (broad SMARTS) is 1. The summed E-state index contributed by atoms with van der Waals surface area (Å²) >= 11 is 0. The molecule has 0 heterocycles. The van der Waals surface area contributed by atoms with Crippen molar-refractivity contribution in [1.29, 1.82) is 0 Å². The Morgan fingerprint density at radius 2 is 2.06 bits per heavy atom. The van der Waals surface area contributed by atoms with E-state index in [1.54, 1.807) is 7.11 Å². The maximum absolute atomic E-state index is 10.6. The number of hydrogen-bond donors (Lipinski definition) is 2. The molecule has 1 aromatic carbocycles. The number of ether oxygens (including phenoxy) is 1. The van der Waals surface area contributed by atoms with E-state index in [1.807, 2.05) is 38.1 Å². The topological polar surface area (TPSA) is 58.6 Å². The minimum Gasteiger partial charge on any atom is -0.496 e. The summed E-state index contributed by atoms with van der Waals surface area (Å²) in [4.78, 5) is 10.6. The van der Waals surface area contributed by atoms with Crippen LogP contribution in [0.2, 0.25) is 0 Å². The molecule has 0 spiro atoms. The van der Waals surface area contributed by atoms with Gasteiger partial charge in [0.05, 0.1) is 13.5 Å². The molecule has 0 aliphatic heterocycles. The Morgan fingerprint density at radius 1 is 1.41 bits per heavy atom. The lowest BCUT2D eigenvalue weighted by Gasteiger charge is -2.20. The quantitative estimate of drug-likeness (QED) is 0.796. The Labute approximate surface area is 102 Å². The van der Waals surface area contributed by atoms with E-state index in [1.165, 1.54) is 0 Å². The fourth-order valence-electron chi connectivity index (χ4n) is 1.86. The van der Waals surface area contributed by atoms with Crippen LogP contribution in [0.1, 0.15) is 31.9 Å². The van der Waals surface area contributed by atoms with Crippen molar-refractivity contribution < 1.29 is 14.6 Å². The Morgan fingerprint density at radius 3 is 2.65 bits per heavy atom. The van der Waals surface area contributed by atoms with Gasteiger partial charge in [-0.3, -0.25) is 4.79 Å². The van der Waals surface area contributed by atoms with Gasteiger partial charge in [0.2, 0.25) is 0 Å². The van der Waals surface area contributed by atoms with Gasteiger partial charge in [-0.05, 0) is 19.9 Å². The standard InChI is InChI=1S/C13H19NO3/c1-9(8-13(15)16)14-10(2)11-6-4-5-7-12(11)17-3/h4-7,9-10,14H,8H2,1-3H3,(H,15,16)/t9?,10-/m0/s1. The highest BCUT2D eigenvalue weighted by Crippen LogP contribution is 2.24. The summed E-state index contributed by atoms with van der Waals surface area (Å²) in [5.74, 6) is 0.0206. The molecule has 0 fully saturated rings. The van der Waals surface area contributed by atoms with Crippen molar-refractivity contribution in [3.63, 3.8) is 0 Å². The second-order valence-corrected chi connectivity index (χ2v) is 4.13. The third kappa shape index (κ3) is 4.07. The number of carbonyl (C=O) groups is 1. The fraction of sp³-hybridized carbons (Fsp3) is 0.462. The van der Waals surface area contributed by atoms with Crippen LogP contribution in [-0.2, 0) is 4.79 Å². The summed E-state index contributed by atoms with van der Waals surface area (Å²) in [6, 6.07) is 7.71. The number of rotatable bonds is 6. The largest absolute Gasteiger partial charge is 0.496 e. The number of nitrogens with one attached hydrogen (secondary N) is 1. The zero-order chi connectivity index (χ0) is 12.8. The average molecular weight is 237 g/mol. The first-order chi connectivity index (χ1) is 8.04. The molecule has 0 saturated heterocycles. The summed E-state index contributed by atoms with van der Waals surface area (Å²) < 4.78 is 5.27. The van der Waals surface area contributed by atoms with E-state index >= 15 is 0 Å². The lowest BCUT2D eigenvalue weighted by atomic mass is 10.1. The van der Waals surface area contributed by atoms with Gasteiger partial charge in [-0.2, -0.15) is 0 Å². The second kappa shape index (κ2) is 6.25. The van der Waals surface area contributed by atoms with E-state index in [2.05, 4.69) is 5.32 Å². The second-order valence-electron chi connectivity index (χ2n) is 4.13. The zero-order valence-electron chi connectivity index (χ0n) is 10.4. The molecule has 4 heteroatoms. The molecule has 17 heavy (non-hydrogen) atoms. The van der Waals surface area contributed by atoms with Gasteiger partial charge in [-0.1, -0.05) is 18.2 Å². The SMILES string of the molecule is COc1ccccc1[C@H](C)NC(C)CC(=O)O. The van der Waals surface area contributed by atoms with Crippen LogP contribution < -0.4 is 10.1 Å². The molecule has 0 aliphatic carbocycles. The van der Waals surface area contributed by atoms with E-state index in [-0.39, 0.29) is 18.5 Å². The van der Waals surface area contributed by atoms with Crippen LogP contribution in [0, 0.1) is 0 Å². The van der Waals surface area contributed by atoms with E-state index in [4.69, 9.17) is 9.84 Å². The molecule has 94 valence electrons. The highest BCUT2D eigenvalue weighted by Gasteiger charge is 2.14. The summed E-state index contributed by atoms with van der Waals surface area (Å²) in [5.41, 5.74) is 1.03. The van der Waals surface area contributed by atoms with E-state index in [9.17, 15) is 4.79 Å². The molecular formula is C13H19NO3. The molecule has 0 amide bonds. The van der Waals surface area contributed by atoms with Gasteiger partial charge in [0.1, 0.15) is 5.75 Å². The van der Waals surface area contributed by atoms with Crippen LogP contribution in [0.15, 0.2) is 24.3 Å². The molecule has 4 nitrogen and oxygen atoms in total. The molecular weight excluding hydrogens is 218 g/mol. The number of methoxy groups -OCH3 is 1. The zero-order valence-corrected chi connectivity index (χ0v) is 10.4. The highest BCUT2D eigenvalue weighted by atomic mass is 16.5. The van der Waals surface area contributed by atoms with Crippen molar-refractivity contribution in [3.8, 4) is 5.75 Å². The van der Waals surface area contributed by atoms with Gasteiger partial charge in [-0.25, -0.2) is 0 Å². The van der Waals surface area contributed by atoms with Gasteiger partial charge >= 0.3 is 5.97 Å². The Bertz CT molecular complexity index is 379. The molecule has 1 unspecified atom stereocenters. The van der Waals surface area contributed by atoms with Crippen molar-refractivity contribution in [2.75, 3.05) is 7.11 Å². The highest BCUT2D eigenvalue weighted by molar-refractivity contribution is 5.67. The van der Waals surface area contributed by atoms with Crippen molar-refractivity contribution in [1.82, 2.24) is 5.32 Å². The van der Waals surface area contributed by atoms with Crippen molar-refractivity contribution >= 4 is 5.97 Å². The maximum Gasteiger partial charge on any atom is 0.304 e. The van der Waals surface area contributed by atoms with Gasteiger partial charge in [0, 0.05) is 17.6 Å². The summed E-state index contributed by atoms with van der Waals surface area (Å²) in [5, 5.41) is 11.9. The van der Waals surface area contributed by atoms with Gasteiger partial charge in [0.25, 0.3) is 0 Å². The fourth-order valence-corrected chi connectivity index (χ4v) is 1.86. The lowest BCUT2D eigenvalue weighted by molar-refractivity contribution is -0.137. The van der Waals surface area contributed by atoms with Crippen LogP contribution in [0.5, 0.6) is 5.75 Å². The predicted molar refractivity (Wildman–Crippen MR) is 66.3 cm³/mol. The number of aliphatic carboxylic acids is 1. The van der Waals surface area contributed by atoms with Gasteiger partial charge in [0.15, 0.2) is 0 Å². The third-order valence-electron chi connectivity index (χ3n) is 2.62. The van der Waals surface area contributed by atoms with Gasteiger partial charge < -0.3 is 15.2 Å². The van der Waals surface area contributed by atoms with Crippen LogP contribution >= 0.6 is 0 Å². The minimum absolute atomic E-state index is 0.0560. The Balaban J connectivity index is 2.69. The van der Waals surface area contributed by atoms with Crippen LogP contribution in [0.3, 0.4) is 0 Å². The molecule has 0 bridgehead atoms. The van der Waals surface area contributed by atoms with Crippen LogP contribution in [0.25, 0.3) is 0 Å². The first kappa shape index (κ1) is 13.5. The van der Waals surface area contributed by atoms with E-state index < -0.39 is 5.97 Å². The minimum atomic E-state index is -0.794. The first-order valence-electron chi connectivity index (χ1n) is 5.65. The number of benzene rings is 1. The molecule has 0 radical (unpaired) electrons.